The standard InChI is InChI=1S/C9H12ClNO5/c10-3-5-1-7(12)11(4-5)6(9(15)16)2-8(13)14/h5-6H,1-4H2,(H,13,14)(H,15,16). The smallest absolute Gasteiger partial charge is 0.327 e. The highest BCUT2D eigenvalue weighted by atomic mass is 35.5. The number of halogens is 1. The minimum Gasteiger partial charge on any atom is -0.481 e. The third-order valence-corrected chi connectivity index (χ3v) is 2.92. The number of carboxylic acids is 2. The molecule has 2 atom stereocenters. The van der Waals surface area contributed by atoms with Crippen LogP contribution in [0, 0.1) is 5.92 Å². The Balaban J connectivity index is 2.75. The molecule has 0 aromatic heterocycles. The average molecular weight is 250 g/mol. The van der Waals surface area contributed by atoms with Crippen LogP contribution in [-0.2, 0) is 14.4 Å². The molecule has 1 saturated heterocycles. The van der Waals surface area contributed by atoms with Crippen molar-refractivity contribution in [2.45, 2.75) is 18.9 Å². The minimum absolute atomic E-state index is 0.0928. The lowest BCUT2D eigenvalue weighted by atomic mass is 10.1. The molecule has 0 saturated carbocycles. The molecule has 0 aromatic rings. The highest BCUT2D eigenvalue weighted by Gasteiger charge is 2.38. The van der Waals surface area contributed by atoms with Crippen LogP contribution in [0.15, 0.2) is 0 Å². The molecule has 16 heavy (non-hydrogen) atoms. The lowest BCUT2D eigenvalue weighted by Gasteiger charge is -2.23. The van der Waals surface area contributed by atoms with Crippen LogP contribution in [0.2, 0.25) is 0 Å². The first-order chi connectivity index (χ1) is 7.45. The zero-order chi connectivity index (χ0) is 12.3. The molecular weight excluding hydrogens is 238 g/mol. The molecule has 1 heterocycles. The van der Waals surface area contributed by atoms with Crippen LogP contribution in [0.1, 0.15) is 12.8 Å². The number of nitrogens with zero attached hydrogens (tertiary/aromatic N) is 1. The fraction of sp³-hybridized carbons (Fsp3) is 0.667. The lowest BCUT2D eigenvalue weighted by Crippen LogP contribution is -2.43. The van der Waals surface area contributed by atoms with E-state index in [0.29, 0.717) is 0 Å². The van der Waals surface area contributed by atoms with Crippen LogP contribution in [0.4, 0.5) is 0 Å². The van der Waals surface area contributed by atoms with Gasteiger partial charge in [-0.1, -0.05) is 0 Å². The molecule has 1 aliphatic rings. The molecule has 1 rings (SSSR count). The Labute approximate surface area is 96.8 Å². The van der Waals surface area contributed by atoms with Crippen LogP contribution in [0.5, 0.6) is 0 Å². The van der Waals surface area contributed by atoms with Gasteiger partial charge in [-0.15, -0.1) is 11.6 Å². The molecule has 0 aromatic carbocycles. The zero-order valence-corrected chi connectivity index (χ0v) is 9.18. The molecule has 0 radical (unpaired) electrons. The average Bonchev–Trinajstić information content (AvgIpc) is 2.55. The number of hydrogen-bond acceptors (Lipinski definition) is 3. The molecule has 0 bridgehead atoms. The van der Waals surface area contributed by atoms with Crippen molar-refractivity contribution in [2.24, 2.45) is 5.92 Å². The van der Waals surface area contributed by atoms with Gasteiger partial charge >= 0.3 is 11.9 Å². The Bertz CT molecular complexity index is 319. The van der Waals surface area contributed by atoms with Crippen LogP contribution >= 0.6 is 11.6 Å². The van der Waals surface area contributed by atoms with Gasteiger partial charge in [0.15, 0.2) is 0 Å². The fourth-order valence-electron chi connectivity index (χ4n) is 1.71. The number of hydrogen-bond donors (Lipinski definition) is 2. The van der Waals surface area contributed by atoms with Crippen LogP contribution in [-0.4, -0.2) is 51.4 Å². The molecule has 1 amide bonds. The van der Waals surface area contributed by atoms with Crippen LogP contribution in [0.25, 0.3) is 0 Å². The van der Waals surface area contributed by atoms with E-state index >= 15 is 0 Å². The third kappa shape index (κ3) is 2.85. The zero-order valence-electron chi connectivity index (χ0n) is 8.43. The van der Waals surface area contributed by atoms with E-state index in [4.69, 9.17) is 21.8 Å². The highest BCUT2D eigenvalue weighted by Crippen LogP contribution is 2.22. The van der Waals surface area contributed by atoms with Gasteiger partial charge in [0.2, 0.25) is 5.91 Å². The Hall–Kier alpha value is -1.30. The van der Waals surface area contributed by atoms with Gasteiger partial charge in [-0.2, -0.15) is 0 Å². The Morgan fingerprint density at radius 1 is 1.50 bits per heavy atom. The predicted molar refractivity (Wildman–Crippen MR) is 54.2 cm³/mol. The van der Waals surface area contributed by atoms with Crippen molar-refractivity contribution >= 4 is 29.4 Å². The number of aliphatic carboxylic acids is 2. The molecule has 7 heteroatoms. The maximum absolute atomic E-state index is 11.5. The molecule has 2 unspecified atom stereocenters. The number of amides is 1. The first kappa shape index (κ1) is 12.8. The first-order valence-electron chi connectivity index (χ1n) is 4.75. The van der Waals surface area contributed by atoms with E-state index in [-0.39, 0.29) is 30.7 Å². The second-order valence-corrected chi connectivity index (χ2v) is 4.03. The van der Waals surface area contributed by atoms with Crippen molar-refractivity contribution in [1.82, 2.24) is 4.90 Å². The van der Waals surface area contributed by atoms with E-state index in [1.54, 1.807) is 0 Å². The van der Waals surface area contributed by atoms with E-state index in [1.165, 1.54) is 0 Å². The van der Waals surface area contributed by atoms with Gasteiger partial charge in [-0.05, 0) is 5.92 Å². The monoisotopic (exact) mass is 249 g/mol. The maximum Gasteiger partial charge on any atom is 0.327 e. The lowest BCUT2D eigenvalue weighted by molar-refractivity contribution is -0.153. The summed E-state index contributed by atoms with van der Waals surface area (Å²) >= 11 is 5.59. The largest absolute Gasteiger partial charge is 0.481 e. The Kier molecular flexibility index (Phi) is 4.12. The second-order valence-electron chi connectivity index (χ2n) is 3.72. The van der Waals surface area contributed by atoms with Crippen molar-refractivity contribution in [3.63, 3.8) is 0 Å². The summed E-state index contributed by atoms with van der Waals surface area (Å²) in [7, 11) is 0. The topological polar surface area (TPSA) is 94.9 Å². The number of carboxylic acid groups (broad SMARTS) is 2. The van der Waals surface area contributed by atoms with E-state index in [0.717, 1.165) is 4.90 Å². The summed E-state index contributed by atoms with van der Waals surface area (Å²) in [6.45, 7) is 0.215. The summed E-state index contributed by atoms with van der Waals surface area (Å²) in [5.41, 5.74) is 0. The van der Waals surface area contributed by atoms with E-state index < -0.39 is 24.4 Å². The van der Waals surface area contributed by atoms with Crippen LogP contribution < -0.4 is 0 Å². The number of carbonyl (C=O) groups is 3. The molecule has 0 aliphatic carbocycles. The van der Waals surface area contributed by atoms with Crippen molar-refractivity contribution in [3.8, 4) is 0 Å². The normalized spacial score (nSPS) is 22.2. The number of alkyl halides is 1. The number of rotatable bonds is 5. The minimum atomic E-state index is -1.30. The summed E-state index contributed by atoms with van der Waals surface area (Å²) in [4.78, 5) is 33.9. The van der Waals surface area contributed by atoms with Crippen LogP contribution in [0.3, 0.4) is 0 Å². The maximum atomic E-state index is 11.5. The van der Waals surface area contributed by atoms with Crippen molar-refractivity contribution in [3.05, 3.63) is 0 Å². The predicted octanol–water partition coefficient (Wildman–Crippen LogP) is 0.00160. The third-order valence-electron chi connectivity index (χ3n) is 2.49. The first-order valence-corrected chi connectivity index (χ1v) is 5.29. The van der Waals surface area contributed by atoms with Gasteiger partial charge in [0, 0.05) is 18.8 Å². The summed E-state index contributed by atoms with van der Waals surface area (Å²) in [5, 5.41) is 17.4. The molecule has 6 nitrogen and oxygen atoms in total. The highest BCUT2D eigenvalue weighted by molar-refractivity contribution is 6.18. The summed E-state index contributed by atoms with van der Waals surface area (Å²) in [6, 6.07) is -1.29. The molecule has 0 spiro atoms. The van der Waals surface area contributed by atoms with E-state index in [1.807, 2.05) is 0 Å². The second kappa shape index (κ2) is 5.16. The van der Waals surface area contributed by atoms with E-state index in [2.05, 4.69) is 0 Å². The SMILES string of the molecule is O=C(O)CC(C(=O)O)N1CC(CCl)CC1=O. The Morgan fingerprint density at radius 2 is 2.12 bits per heavy atom. The number of carbonyl (C=O) groups excluding carboxylic acids is 1. The van der Waals surface area contributed by atoms with Crippen molar-refractivity contribution in [2.75, 3.05) is 12.4 Å². The van der Waals surface area contributed by atoms with Gasteiger partial charge in [0.1, 0.15) is 6.04 Å². The van der Waals surface area contributed by atoms with Gasteiger partial charge in [0.25, 0.3) is 0 Å². The fourth-order valence-corrected chi connectivity index (χ4v) is 1.92. The van der Waals surface area contributed by atoms with Gasteiger partial charge in [-0.3, -0.25) is 9.59 Å². The van der Waals surface area contributed by atoms with E-state index in [9.17, 15) is 14.4 Å². The summed E-state index contributed by atoms with van der Waals surface area (Å²) in [6.07, 6.45) is -0.400. The Morgan fingerprint density at radius 3 is 2.50 bits per heavy atom. The quantitative estimate of drug-likeness (QED) is 0.669. The van der Waals surface area contributed by atoms with Gasteiger partial charge in [0.05, 0.1) is 6.42 Å². The van der Waals surface area contributed by atoms with Gasteiger partial charge < -0.3 is 15.1 Å². The summed E-state index contributed by atoms with van der Waals surface area (Å²) < 4.78 is 0. The molecule has 90 valence electrons. The van der Waals surface area contributed by atoms with Crippen molar-refractivity contribution in [1.29, 1.82) is 0 Å². The number of likely N-dealkylation sites (tertiary alicyclic amines) is 1. The van der Waals surface area contributed by atoms with Crippen molar-refractivity contribution < 1.29 is 24.6 Å². The molecule has 1 fully saturated rings. The molecule has 2 N–H and O–H groups in total. The van der Waals surface area contributed by atoms with Gasteiger partial charge in [-0.25, -0.2) is 4.79 Å². The molecular formula is C9H12ClNO5. The molecule has 1 aliphatic heterocycles. The summed E-state index contributed by atoms with van der Waals surface area (Å²) in [5.74, 6) is -2.72.